The van der Waals surface area contributed by atoms with Crippen molar-refractivity contribution in [3.63, 3.8) is 0 Å². The molecule has 164 valence electrons. The van der Waals surface area contributed by atoms with Crippen molar-refractivity contribution in [3.05, 3.63) is 95.0 Å². The van der Waals surface area contributed by atoms with Crippen LogP contribution in [0, 0.1) is 0 Å². The fourth-order valence-electron chi connectivity index (χ4n) is 3.69. The van der Waals surface area contributed by atoms with Crippen LogP contribution in [0.15, 0.2) is 88.8 Å². The van der Waals surface area contributed by atoms with Crippen LogP contribution in [0.2, 0.25) is 5.02 Å². The zero-order valence-corrected chi connectivity index (χ0v) is 19.2. The van der Waals surface area contributed by atoms with E-state index in [0.717, 1.165) is 16.8 Å². The Bertz CT molecular complexity index is 1310. The molecule has 2 aliphatic heterocycles. The van der Waals surface area contributed by atoms with Gasteiger partial charge in [-0.2, -0.15) is 0 Å². The van der Waals surface area contributed by atoms with Gasteiger partial charge in [-0.15, -0.1) is 0 Å². The molecule has 0 aromatic heterocycles. The van der Waals surface area contributed by atoms with Gasteiger partial charge in [-0.05, 0) is 36.8 Å². The van der Waals surface area contributed by atoms with Gasteiger partial charge in [-0.1, -0.05) is 78.0 Å². The standard InChI is InChI=1S/C25H19ClN4O2S/c1-15(23(31)27-20-14-8-6-12-18(20)26)33-25-28-19-13-7-5-11-17(19)22-29-21(24(32)30(22)25)16-9-3-2-4-10-16/h2-15,21H,1H3,(H,27,31)/t15-,21-/m1/s1. The molecule has 6 nitrogen and oxygen atoms in total. The first-order valence-electron chi connectivity index (χ1n) is 10.4. The number of benzene rings is 3. The second kappa shape index (κ2) is 8.84. The minimum absolute atomic E-state index is 0.185. The zero-order valence-electron chi connectivity index (χ0n) is 17.6. The van der Waals surface area contributed by atoms with E-state index in [1.54, 1.807) is 31.2 Å². The molecule has 2 heterocycles. The van der Waals surface area contributed by atoms with E-state index >= 15 is 0 Å². The molecule has 0 fully saturated rings. The van der Waals surface area contributed by atoms with E-state index in [4.69, 9.17) is 21.6 Å². The Morgan fingerprint density at radius 3 is 2.52 bits per heavy atom. The third kappa shape index (κ3) is 4.05. The quantitative estimate of drug-likeness (QED) is 0.547. The Balaban J connectivity index is 1.45. The lowest BCUT2D eigenvalue weighted by Crippen LogP contribution is -2.41. The molecule has 3 aromatic rings. The third-order valence-corrected chi connectivity index (χ3v) is 6.75. The fourth-order valence-corrected chi connectivity index (χ4v) is 4.79. The van der Waals surface area contributed by atoms with E-state index in [1.807, 2.05) is 54.6 Å². The van der Waals surface area contributed by atoms with Crippen LogP contribution in [0.25, 0.3) is 0 Å². The smallest absolute Gasteiger partial charge is 0.263 e. The summed E-state index contributed by atoms with van der Waals surface area (Å²) in [6.45, 7) is 1.77. The summed E-state index contributed by atoms with van der Waals surface area (Å²) < 4.78 is 0. The predicted molar refractivity (Wildman–Crippen MR) is 133 cm³/mol. The topological polar surface area (TPSA) is 74.1 Å². The average molecular weight is 475 g/mol. The Labute approximate surface area is 200 Å². The molecule has 0 aliphatic carbocycles. The van der Waals surface area contributed by atoms with E-state index in [9.17, 15) is 9.59 Å². The fraction of sp³-hybridized carbons (Fsp3) is 0.120. The summed E-state index contributed by atoms with van der Waals surface area (Å²) in [5.41, 5.74) is 2.86. The molecule has 0 bridgehead atoms. The monoisotopic (exact) mass is 474 g/mol. The number of carbonyl (C=O) groups is 2. The number of nitrogens with one attached hydrogen (secondary N) is 1. The second-order valence-electron chi connectivity index (χ2n) is 7.58. The van der Waals surface area contributed by atoms with Crippen molar-refractivity contribution in [3.8, 4) is 0 Å². The largest absolute Gasteiger partial charge is 0.324 e. The molecule has 0 unspecified atom stereocenters. The molecule has 8 heteroatoms. The molecule has 0 saturated heterocycles. The van der Waals surface area contributed by atoms with Gasteiger partial charge in [0, 0.05) is 5.56 Å². The van der Waals surface area contributed by atoms with Crippen molar-refractivity contribution in [1.29, 1.82) is 0 Å². The first kappa shape index (κ1) is 21.4. The number of nitrogens with zero attached hydrogens (tertiary/aromatic N) is 3. The Kier molecular flexibility index (Phi) is 5.74. The van der Waals surface area contributed by atoms with Gasteiger partial charge in [0.25, 0.3) is 5.91 Å². The van der Waals surface area contributed by atoms with Crippen molar-refractivity contribution in [1.82, 2.24) is 4.90 Å². The summed E-state index contributed by atoms with van der Waals surface area (Å²) in [6.07, 6.45) is 0. The van der Waals surface area contributed by atoms with Gasteiger partial charge >= 0.3 is 0 Å². The van der Waals surface area contributed by atoms with Crippen LogP contribution < -0.4 is 5.32 Å². The number of anilines is 1. The first-order chi connectivity index (χ1) is 16.0. The summed E-state index contributed by atoms with van der Waals surface area (Å²) >= 11 is 7.39. The predicted octanol–water partition coefficient (Wildman–Crippen LogP) is 5.43. The summed E-state index contributed by atoms with van der Waals surface area (Å²) in [7, 11) is 0. The minimum Gasteiger partial charge on any atom is -0.324 e. The number of thioether (sulfide) groups is 1. The molecule has 5 rings (SSSR count). The number of carbonyl (C=O) groups excluding carboxylic acids is 2. The van der Waals surface area contributed by atoms with Gasteiger partial charge < -0.3 is 5.32 Å². The molecule has 2 atom stereocenters. The summed E-state index contributed by atoms with van der Waals surface area (Å²) in [5.74, 6) is 0.135. The molecular weight excluding hydrogens is 456 g/mol. The number of amidine groups is 2. The average Bonchev–Trinajstić information content (AvgIpc) is 3.19. The van der Waals surface area contributed by atoms with Gasteiger partial charge in [0.15, 0.2) is 11.2 Å². The highest BCUT2D eigenvalue weighted by Gasteiger charge is 2.42. The number of hydrogen-bond donors (Lipinski definition) is 1. The molecule has 33 heavy (non-hydrogen) atoms. The summed E-state index contributed by atoms with van der Waals surface area (Å²) in [4.78, 5) is 37.3. The lowest BCUT2D eigenvalue weighted by Gasteiger charge is -2.27. The van der Waals surface area contributed by atoms with Gasteiger partial charge in [-0.3, -0.25) is 9.59 Å². The second-order valence-corrected chi connectivity index (χ2v) is 9.30. The normalized spacial score (nSPS) is 17.6. The third-order valence-electron chi connectivity index (χ3n) is 5.37. The maximum absolute atomic E-state index is 13.4. The number of hydrogen-bond acceptors (Lipinski definition) is 5. The Morgan fingerprint density at radius 1 is 1.03 bits per heavy atom. The number of para-hydroxylation sites is 2. The van der Waals surface area contributed by atoms with Gasteiger partial charge in [-0.25, -0.2) is 14.9 Å². The van der Waals surface area contributed by atoms with Crippen molar-refractivity contribution in [2.24, 2.45) is 9.98 Å². The molecule has 3 aromatic carbocycles. The van der Waals surface area contributed by atoms with Crippen molar-refractivity contribution < 1.29 is 9.59 Å². The molecule has 0 saturated carbocycles. The van der Waals surface area contributed by atoms with Crippen molar-refractivity contribution in [2.45, 2.75) is 18.2 Å². The molecule has 0 radical (unpaired) electrons. The highest BCUT2D eigenvalue weighted by molar-refractivity contribution is 8.15. The van der Waals surface area contributed by atoms with Gasteiger partial charge in [0.05, 0.1) is 21.6 Å². The van der Waals surface area contributed by atoms with Crippen molar-refractivity contribution in [2.75, 3.05) is 5.32 Å². The number of rotatable bonds is 4. The van der Waals surface area contributed by atoms with Crippen LogP contribution >= 0.6 is 23.4 Å². The zero-order chi connectivity index (χ0) is 22.9. The molecule has 2 amide bonds. The molecule has 1 N–H and O–H groups in total. The maximum Gasteiger partial charge on any atom is 0.263 e. The van der Waals surface area contributed by atoms with Crippen LogP contribution in [0.5, 0.6) is 0 Å². The number of aliphatic imine (C=N–C) groups is 2. The lowest BCUT2D eigenvalue weighted by molar-refractivity contribution is -0.124. The van der Waals surface area contributed by atoms with E-state index < -0.39 is 11.3 Å². The van der Waals surface area contributed by atoms with Gasteiger partial charge in [0.2, 0.25) is 5.91 Å². The SMILES string of the molecule is C[C@@H](SC1=Nc2ccccc2C2=N[C@H](c3ccccc3)C(=O)N12)C(=O)Nc1ccccc1Cl. The Morgan fingerprint density at radius 2 is 1.73 bits per heavy atom. The van der Waals surface area contributed by atoms with Gasteiger partial charge in [0.1, 0.15) is 5.84 Å². The lowest BCUT2D eigenvalue weighted by atomic mass is 10.1. The minimum atomic E-state index is -0.648. The maximum atomic E-state index is 13.4. The Hall–Kier alpha value is -3.42. The highest BCUT2D eigenvalue weighted by Crippen LogP contribution is 2.38. The number of amides is 2. The summed E-state index contributed by atoms with van der Waals surface area (Å²) in [5, 5.41) is 3.20. The van der Waals surface area contributed by atoms with Crippen LogP contribution in [-0.2, 0) is 9.59 Å². The van der Waals surface area contributed by atoms with E-state index in [0.29, 0.717) is 21.7 Å². The highest BCUT2D eigenvalue weighted by atomic mass is 35.5. The van der Waals surface area contributed by atoms with Crippen molar-refractivity contribution >= 4 is 57.6 Å². The molecular formula is C25H19ClN4O2S. The van der Waals surface area contributed by atoms with Crippen LogP contribution in [0.1, 0.15) is 24.1 Å². The summed E-state index contributed by atoms with van der Waals surface area (Å²) in [6, 6.07) is 23.4. The van der Waals surface area contributed by atoms with E-state index in [-0.39, 0.29) is 11.8 Å². The molecule has 0 spiro atoms. The van der Waals surface area contributed by atoms with E-state index in [2.05, 4.69) is 5.32 Å². The molecule has 2 aliphatic rings. The van der Waals surface area contributed by atoms with Crippen LogP contribution in [0.3, 0.4) is 0 Å². The van der Waals surface area contributed by atoms with Crippen LogP contribution in [0.4, 0.5) is 11.4 Å². The van der Waals surface area contributed by atoms with Crippen LogP contribution in [-0.4, -0.2) is 33.0 Å². The number of halogens is 1. The van der Waals surface area contributed by atoms with E-state index in [1.165, 1.54) is 16.7 Å². The first-order valence-corrected chi connectivity index (χ1v) is 11.7. The number of fused-ring (bicyclic) bond motifs is 3.